The summed E-state index contributed by atoms with van der Waals surface area (Å²) in [5.41, 5.74) is 9.05. The minimum absolute atomic E-state index is 0.154. The molecule has 3 heterocycles. The van der Waals surface area contributed by atoms with Crippen molar-refractivity contribution in [2.45, 2.75) is 0 Å². The summed E-state index contributed by atoms with van der Waals surface area (Å²) in [6, 6.07) is 16.7. The van der Waals surface area contributed by atoms with Crippen molar-refractivity contribution in [3.8, 4) is 28.5 Å². The molecular weight excluding hydrogens is 400 g/mol. The molecule has 1 aliphatic heterocycles. The summed E-state index contributed by atoms with van der Waals surface area (Å²) in [5.74, 6) is 1.85. The first-order valence-corrected chi connectivity index (χ1v) is 10.2. The molecule has 0 unspecified atom stereocenters. The largest absolute Gasteiger partial charge is 0.497 e. The van der Waals surface area contributed by atoms with E-state index in [4.69, 9.17) is 24.9 Å². The second-order valence-corrected chi connectivity index (χ2v) is 7.81. The zero-order valence-electron chi connectivity index (χ0n) is 16.2. The van der Waals surface area contributed by atoms with E-state index in [0.717, 1.165) is 27.2 Å². The van der Waals surface area contributed by atoms with Crippen molar-refractivity contribution < 1.29 is 19.0 Å². The minimum Gasteiger partial charge on any atom is -0.497 e. The van der Waals surface area contributed by atoms with Gasteiger partial charge in [-0.1, -0.05) is 0 Å². The van der Waals surface area contributed by atoms with Crippen molar-refractivity contribution in [2.24, 2.45) is 0 Å². The lowest BCUT2D eigenvalue weighted by Gasteiger charge is -2.18. The van der Waals surface area contributed by atoms with Crippen LogP contribution in [0.1, 0.15) is 15.2 Å². The van der Waals surface area contributed by atoms with Crippen LogP contribution in [0.2, 0.25) is 0 Å². The number of pyridine rings is 1. The number of benzene rings is 2. The van der Waals surface area contributed by atoms with Crippen LogP contribution in [0, 0.1) is 0 Å². The summed E-state index contributed by atoms with van der Waals surface area (Å²) in [6.45, 7) is 0.972. The predicted molar refractivity (Wildman–Crippen MR) is 117 cm³/mol. The van der Waals surface area contributed by atoms with Crippen LogP contribution in [-0.2, 0) is 0 Å². The molecule has 0 amide bonds. The van der Waals surface area contributed by atoms with Gasteiger partial charge in [0.15, 0.2) is 11.5 Å². The lowest BCUT2D eigenvalue weighted by Crippen LogP contribution is -2.15. The van der Waals surface area contributed by atoms with Gasteiger partial charge in [-0.3, -0.25) is 4.79 Å². The lowest BCUT2D eigenvalue weighted by molar-refractivity contribution is 0.104. The second kappa shape index (κ2) is 7.35. The highest BCUT2D eigenvalue weighted by molar-refractivity contribution is 7.21. The van der Waals surface area contributed by atoms with Crippen LogP contribution < -0.4 is 19.9 Å². The zero-order valence-corrected chi connectivity index (χ0v) is 17.0. The molecule has 2 aromatic heterocycles. The van der Waals surface area contributed by atoms with Crippen LogP contribution in [0.5, 0.6) is 17.2 Å². The Balaban J connectivity index is 1.51. The first-order chi connectivity index (χ1) is 14.6. The average molecular weight is 418 g/mol. The van der Waals surface area contributed by atoms with Crippen LogP contribution in [0.4, 0.5) is 5.69 Å². The van der Waals surface area contributed by atoms with Crippen LogP contribution in [0.25, 0.3) is 21.5 Å². The highest BCUT2D eigenvalue weighted by atomic mass is 32.1. The number of hydrogen-bond donors (Lipinski definition) is 1. The van der Waals surface area contributed by atoms with Gasteiger partial charge in [0, 0.05) is 16.5 Å². The Hall–Kier alpha value is -3.58. The van der Waals surface area contributed by atoms with Crippen molar-refractivity contribution in [3.05, 3.63) is 65.0 Å². The molecule has 30 heavy (non-hydrogen) atoms. The Morgan fingerprint density at radius 3 is 2.57 bits per heavy atom. The fourth-order valence-corrected chi connectivity index (χ4v) is 4.46. The van der Waals surface area contributed by atoms with Crippen LogP contribution in [0.15, 0.2) is 54.6 Å². The number of aromatic nitrogens is 1. The number of rotatable bonds is 4. The third-order valence-electron chi connectivity index (χ3n) is 4.99. The summed E-state index contributed by atoms with van der Waals surface area (Å²) < 4.78 is 16.3. The van der Waals surface area contributed by atoms with E-state index in [-0.39, 0.29) is 5.78 Å². The van der Waals surface area contributed by atoms with Crippen LogP contribution >= 0.6 is 11.3 Å². The van der Waals surface area contributed by atoms with Gasteiger partial charge >= 0.3 is 0 Å². The molecule has 6 nitrogen and oxygen atoms in total. The number of ether oxygens (including phenoxy) is 3. The number of hydrogen-bond acceptors (Lipinski definition) is 7. The smallest absolute Gasteiger partial charge is 0.205 e. The van der Waals surface area contributed by atoms with E-state index in [2.05, 4.69) is 0 Å². The van der Waals surface area contributed by atoms with Gasteiger partial charge in [-0.15, -0.1) is 11.3 Å². The van der Waals surface area contributed by atoms with Crippen LogP contribution in [-0.4, -0.2) is 31.1 Å². The molecule has 2 N–H and O–H groups in total. The number of carbonyl (C=O) groups is 1. The molecule has 5 rings (SSSR count). The number of nitrogen functional groups attached to an aromatic ring is 1. The summed E-state index contributed by atoms with van der Waals surface area (Å²) in [4.78, 5) is 19.1. The maximum absolute atomic E-state index is 13.1. The molecule has 0 aliphatic carbocycles. The van der Waals surface area contributed by atoms with E-state index in [1.807, 2.05) is 36.4 Å². The number of methoxy groups -OCH3 is 1. The molecule has 0 fully saturated rings. The standard InChI is InChI=1S/C23H18N2O4S/c1-27-15-5-2-13(3-6-15)17-8-7-16-20(24)22(30-23(16)25-17)21(26)14-4-9-18-19(12-14)29-11-10-28-18/h2-9,12H,10-11,24H2,1H3. The summed E-state index contributed by atoms with van der Waals surface area (Å²) in [5, 5.41) is 0.776. The molecule has 0 bridgehead atoms. The van der Waals surface area contributed by atoms with E-state index >= 15 is 0 Å². The van der Waals surface area contributed by atoms with Gasteiger partial charge in [0.25, 0.3) is 0 Å². The van der Waals surface area contributed by atoms with E-state index < -0.39 is 0 Å². The highest BCUT2D eigenvalue weighted by Crippen LogP contribution is 2.37. The molecular formula is C23H18N2O4S. The summed E-state index contributed by atoms with van der Waals surface area (Å²) in [6.07, 6.45) is 0. The Labute approximate surface area is 176 Å². The second-order valence-electron chi connectivity index (χ2n) is 6.81. The Morgan fingerprint density at radius 2 is 1.80 bits per heavy atom. The first-order valence-electron chi connectivity index (χ1n) is 9.42. The Bertz CT molecular complexity index is 1260. The Kier molecular flexibility index (Phi) is 4.52. The monoisotopic (exact) mass is 418 g/mol. The van der Waals surface area contributed by atoms with Crippen molar-refractivity contribution in [3.63, 3.8) is 0 Å². The van der Waals surface area contributed by atoms with Crippen molar-refractivity contribution in [2.75, 3.05) is 26.1 Å². The Morgan fingerprint density at radius 1 is 1.03 bits per heavy atom. The molecule has 1 aliphatic rings. The fraction of sp³-hybridized carbons (Fsp3) is 0.130. The zero-order chi connectivity index (χ0) is 20.7. The number of ketones is 1. The molecule has 0 spiro atoms. The average Bonchev–Trinajstić information content (AvgIpc) is 3.14. The number of anilines is 1. The van der Waals surface area contributed by atoms with Crippen molar-refractivity contribution in [1.29, 1.82) is 0 Å². The molecule has 0 radical (unpaired) electrons. The van der Waals surface area contributed by atoms with Crippen LogP contribution in [0.3, 0.4) is 0 Å². The maximum Gasteiger partial charge on any atom is 0.205 e. The molecule has 7 heteroatoms. The summed E-state index contributed by atoms with van der Waals surface area (Å²) >= 11 is 1.30. The normalized spacial score (nSPS) is 12.7. The number of thiophene rings is 1. The lowest BCUT2D eigenvalue weighted by atomic mass is 10.1. The number of carbonyl (C=O) groups excluding carboxylic acids is 1. The number of fused-ring (bicyclic) bond motifs is 2. The molecule has 0 atom stereocenters. The quantitative estimate of drug-likeness (QED) is 0.489. The SMILES string of the molecule is COc1ccc(-c2ccc3c(N)c(C(=O)c4ccc5c(c4)OCCO5)sc3n2)cc1. The highest BCUT2D eigenvalue weighted by Gasteiger charge is 2.21. The van der Waals surface area contributed by atoms with Gasteiger partial charge in [-0.05, 0) is 54.6 Å². The van der Waals surface area contributed by atoms with Gasteiger partial charge in [0.05, 0.1) is 18.5 Å². The van der Waals surface area contributed by atoms with Gasteiger partial charge in [-0.2, -0.15) is 0 Å². The number of nitrogens with two attached hydrogens (primary N) is 1. The molecule has 2 aromatic carbocycles. The molecule has 150 valence electrons. The van der Waals surface area contributed by atoms with E-state index in [1.165, 1.54) is 11.3 Å². The van der Waals surface area contributed by atoms with E-state index in [1.54, 1.807) is 25.3 Å². The molecule has 0 saturated heterocycles. The fourth-order valence-electron chi connectivity index (χ4n) is 3.40. The van der Waals surface area contributed by atoms with Gasteiger partial charge in [0.1, 0.15) is 28.7 Å². The topological polar surface area (TPSA) is 83.7 Å². The predicted octanol–water partition coefficient (Wildman–Crippen LogP) is 4.56. The van der Waals surface area contributed by atoms with E-state index in [0.29, 0.717) is 40.8 Å². The van der Waals surface area contributed by atoms with Crippen molar-refractivity contribution >= 4 is 33.0 Å². The summed E-state index contributed by atoms with van der Waals surface area (Å²) in [7, 11) is 1.63. The maximum atomic E-state index is 13.1. The minimum atomic E-state index is -0.154. The van der Waals surface area contributed by atoms with Gasteiger partial charge in [0.2, 0.25) is 5.78 Å². The third-order valence-corrected chi connectivity index (χ3v) is 6.10. The molecule has 4 aromatic rings. The van der Waals surface area contributed by atoms with E-state index in [9.17, 15) is 4.79 Å². The number of nitrogens with zero attached hydrogens (tertiary/aromatic N) is 1. The first kappa shape index (κ1) is 18.4. The van der Waals surface area contributed by atoms with Gasteiger partial charge in [-0.25, -0.2) is 4.98 Å². The van der Waals surface area contributed by atoms with Gasteiger partial charge < -0.3 is 19.9 Å². The van der Waals surface area contributed by atoms with Crippen molar-refractivity contribution in [1.82, 2.24) is 4.98 Å². The third kappa shape index (κ3) is 3.13. The molecule has 0 saturated carbocycles.